The molecule has 1 saturated heterocycles. The van der Waals surface area contributed by atoms with Crippen LogP contribution in [0.25, 0.3) is 0 Å². The van der Waals surface area contributed by atoms with Crippen LogP contribution in [0.5, 0.6) is 0 Å². The van der Waals surface area contributed by atoms with Crippen molar-refractivity contribution in [1.82, 2.24) is 0 Å². The predicted octanol–water partition coefficient (Wildman–Crippen LogP) is 0.904. The fraction of sp³-hybridized carbons (Fsp3) is 0.889. The molecule has 0 radical (unpaired) electrons. The molecular formula is C9H16O4. The molecular weight excluding hydrogens is 172 g/mol. The zero-order valence-electron chi connectivity index (χ0n) is 7.91. The summed E-state index contributed by atoms with van der Waals surface area (Å²) < 4.78 is 10.3. The average molecular weight is 188 g/mol. The summed E-state index contributed by atoms with van der Waals surface area (Å²) in [5.41, 5.74) is -0.700. The van der Waals surface area contributed by atoms with Gasteiger partial charge in [0.25, 0.3) is 0 Å². The number of carboxylic acids is 1. The number of hydrogen-bond donors (Lipinski definition) is 1. The van der Waals surface area contributed by atoms with Gasteiger partial charge in [0.15, 0.2) is 0 Å². The molecule has 1 aliphatic heterocycles. The Morgan fingerprint density at radius 3 is 2.62 bits per heavy atom. The summed E-state index contributed by atoms with van der Waals surface area (Å²) in [5.74, 6) is -0.760. The maximum Gasteiger partial charge on any atom is 0.312 e. The molecule has 4 heteroatoms. The lowest BCUT2D eigenvalue weighted by Crippen LogP contribution is -2.41. The van der Waals surface area contributed by atoms with Gasteiger partial charge >= 0.3 is 5.97 Å². The van der Waals surface area contributed by atoms with Gasteiger partial charge in [0, 0.05) is 19.8 Å². The predicted molar refractivity (Wildman–Crippen MR) is 46.6 cm³/mol. The summed E-state index contributed by atoms with van der Waals surface area (Å²) in [4.78, 5) is 11.0. The minimum Gasteiger partial charge on any atom is -0.481 e. The van der Waals surface area contributed by atoms with E-state index in [2.05, 4.69) is 0 Å². The van der Waals surface area contributed by atoms with Gasteiger partial charge in [-0.25, -0.2) is 0 Å². The van der Waals surface area contributed by atoms with Crippen LogP contribution in [0.1, 0.15) is 19.8 Å². The molecule has 0 unspecified atom stereocenters. The third kappa shape index (κ3) is 2.42. The number of hydrogen-bond acceptors (Lipinski definition) is 3. The van der Waals surface area contributed by atoms with E-state index in [-0.39, 0.29) is 0 Å². The molecule has 0 spiro atoms. The van der Waals surface area contributed by atoms with Crippen molar-refractivity contribution in [2.24, 2.45) is 5.41 Å². The quantitative estimate of drug-likeness (QED) is 0.712. The normalized spacial score (nSPS) is 21.3. The van der Waals surface area contributed by atoms with Crippen molar-refractivity contribution in [2.45, 2.75) is 19.8 Å². The van der Waals surface area contributed by atoms with Crippen LogP contribution in [0.2, 0.25) is 0 Å². The Balaban J connectivity index is 2.56. The second-order valence-electron chi connectivity index (χ2n) is 3.33. The van der Waals surface area contributed by atoms with E-state index in [4.69, 9.17) is 14.6 Å². The molecule has 1 heterocycles. The first-order chi connectivity index (χ1) is 6.21. The summed E-state index contributed by atoms with van der Waals surface area (Å²) in [6.45, 7) is 3.80. The van der Waals surface area contributed by atoms with E-state index in [0.717, 1.165) is 0 Å². The molecule has 1 aliphatic rings. The molecule has 1 N–H and O–H groups in total. The highest BCUT2D eigenvalue weighted by Gasteiger charge is 2.40. The Morgan fingerprint density at radius 1 is 1.54 bits per heavy atom. The van der Waals surface area contributed by atoms with Crippen LogP contribution in [-0.4, -0.2) is 37.5 Å². The number of carbonyl (C=O) groups is 1. The standard InChI is InChI=1S/C9H16O4/c1-2-12-7-9(8(10)11)3-5-13-6-4-9/h2-7H2,1H3,(H,10,11). The Morgan fingerprint density at radius 2 is 2.15 bits per heavy atom. The van der Waals surface area contributed by atoms with Crippen molar-refractivity contribution in [2.75, 3.05) is 26.4 Å². The lowest BCUT2D eigenvalue weighted by molar-refractivity contribution is -0.160. The van der Waals surface area contributed by atoms with E-state index in [0.29, 0.717) is 39.3 Å². The van der Waals surface area contributed by atoms with Crippen molar-refractivity contribution in [3.8, 4) is 0 Å². The minimum atomic E-state index is -0.760. The lowest BCUT2D eigenvalue weighted by Gasteiger charge is -2.32. The van der Waals surface area contributed by atoms with Crippen molar-refractivity contribution < 1.29 is 19.4 Å². The Hall–Kier alpha value is -0.610. The van der Waals surface area contributed by atoms with Gasteiger partial charge in [-0.1, -0.05) is 0 Å². The average Bonchev–Trinajstić information content (AvgIpc) is 2.16. The highest BCUT2D eigenvalue weighted by Crippen LogP contribution is 2.31. The smallest absolute Gasteiger partial charge is 0.312 e. The third-order valence-corrected chi connectivity index (χ3v) is 2.49. The summed E-state index contributed by atoms with van der Waals surface area (Å²) >= 11 is 0. The van der Waals surface area contributed by atoms with E-state index >= 15 is 0 Å². The van der Waals surface area contributed by atoms with E-state index in [1.54, 1.807) is 0 Å². The van der Waals surface area contributed by atoms with Gasteiger partial charge in [0.1, 0.15) is 0 Å². The molecule has 0 saturated carbocycles. The molecule has 0 aromatic carbocycles. The Bertz CT molecular complexity index is 172. The van der Waals surface area contributed by atoms with Crippen LogP contribution >= 0.6 is 0 Å². The molecule has 4 nitrogen and oxygen atoms in total. The SMILES string of the molecule is CCOCC1(C(=O)O)CCOCC1. The number of carboxylic acid groups (broad SMARTS) is 1. The van der Waals surface area contributed by atoms with Crippen LogP contribution in [0.15, 0.2) is 0 Å². The van der Waals surface area contributed by atoms with Gasteiger partial charge < -0.3 is 14.6 Å². The van der Waals surface area contributed by atoms with Gasteiger partial charge in [-0.15, -0.1) is 0 Å². The summed E-state index contributed by atoms with van der Waals surface area (Å²) in [7, 11) is 0. The van der Waals surface area contributed by atoms with Crippen molar-refractivity contribution in [1.29, 1.82) is 0 Å². The van der Waals surface area contributed by atoms with Crippen LogP contribution in [0, 0.1) is 5.41 Å². The van der Waals surface area contributed by atoms with E-state index in [9.17, 15) is 4.79 Å². The Labute approximate surface area is 77.8 Å². The molecule has 0 aliphatic carbocycles. The van der Waals surface area contributed by atoms with Gasteiger partial charge in [0.05, 0.1) is 12.0 Å². The van der Waals surface area contributed by atoms with E-state index in [1.807, 2.05) is 6.92 Å². The topological polar surface area (TPSA) is 55.8 Å². The monoisotopic (exact) mass is 188 g/mol. The summed E-state index contributed by atoms with van der Waals surface area (Å²) in [5, 5.41) is 9.08. The maximum atomic E-state index is 11.0. The number of aliphatic carboxylic acids is 1. The first-order valence-electron chi connectivity index (χ1n) is 4.60. The summed E-state index contributed by atoms with van der Waals surface area (Å²) in [6, 6.07) is 0. The molecule has 0 aromatic heterocycles. The molecule has 0 bridgehead atoms. The highest BCUT2D eigenvalue weighted by molar-refractivity contribution is 5.74. The van der Waals surface area contributed by atoms with E-state index in [1.165, 1.54) is 0 Å². The van der Waals surface area contributed by atoms with Crippen molar-refractivity contribution >= 4 is 5.97 Å². The fourth-order valence-electron chi connectivity index (χ4n) is 1.48. The molecule has 76 valence electrons. The fourth-order valence-corrected chi connectivity index (χ4v) is 1.48. The first-order valence-corrected chi connectivity index (χ1v) is 4.60. The summed E-state index contributed by atoms with van der Waals surface area (Å²) in [6.07, 6.45) is 1.12. The maximum absolute atomic E-state index is 11.0. The molecule has 0 aromatic rings. The zero-order chi connectivity index (χ0) is 9.73. The van der Waals surface area contributed by atoms with Gasteiger partial charge in [-0.05, 0) is 19.8 Å². The van der Waals surface area contributed by atoms with Crippen LogP contribution < -0.4 is 0 Å². The van der Waals surface area contributed by atoms with Crippen LogP contribution in [0.4, 0.5) is 0 Å². The van der Waals surface area contributed by atoms with E-state index < -0.39 is 11.4 Å². The van der Waals surface area contributed by atoms with Gasteiger partial charge in [-0.2, -0.15) is 0 Å². The number of rotatable bonds is 4. The Kier molecular flexibility index (Phi) is 3.69. The molecule has 1 fully saturated rings. The van der Waals surface area contributed by atoms with Crippen molar-refractivity contribution in [3.05, 3.63) is 0 Å². The minimum absolute atomic E-state index is 0.308. The largest absolute Gasteiger partial charge is 0.481 e. The molecule has 13 heavy (non-hydrogen) atoms. The second kappa shape index (κ2) is 4.58. The lowest BCUT2D eigenvalue weighted by atomic mass is 9.81. The number of ether oxygens (including phenoxy) is 2. The molecule has 0 atom stereocenters. The molecule has 1 rings (SSSR count). The van der Waals surface area contributed by atoms with Crippen LogP contribution in [0.3, 0.4) is 0 Å². The zero-order valence-corrected chi connectivity index (χ0v) is 7.91. The van der Waals surface area contributed by atoms with Gasteiger partial charge in [0.2, 0.25) is 0 Å². The first kappa shape index (κ1) is 10.5. The third-order valence-electron chi connectivity index (χ3n) is 2.49. The highest BCUT2D eigenvalue weighted by atomic mass is 16.5. The van der Waals surface area contributed by atoms with Crippen LogP contribution in [-0.2, 0) is 14.3 Å². The van der Waals surface area contributed by atoms with Crippen molar-refractivity contribution in [3.63, 3.8) is 0 Å². The second-order valence-corrected chi connectivity index (χ2v) is 3.33. The van der Waals surface area contributed by atoms with Gasteiger partial charge in [-0.3, -0.25) is 4.79 Å². The molecule has 0 amide bonds.